The fraction of sp³-hybridized carbons (Fsp3) is 0.615. The molecule has 0 aromatic heterocycles. The van der Waals surface area contributed by atoms with E-state index in [0.717, 1.165) is 0 Å². The molecule has 12 nitrogen and oxygen atoms in total. The van der Waals surface area contributed by atoms with Crippen LogP contribution in [-0.4, -0.2) is 99.1 Å². The summed E-state index contributed by atoms with van der Waals surface area (Å²) in [6.07, 6.45) is -1.19. The molecule has 0 N–H and O–H groups in total. The normalized spacial score (nSPS) is 17.3. The zero-order valence-electron chi connectivity index (χ0n) is 23.2. The summed E-state index contributed by atoms with van der Waals surface area (Å²) in [6.45, 7) is 6.54. The van der Waals surface area contributed by atoms with Crippen LogP contribution in [0.5, 0.6) is 11.5 Å². The van der Waals surface area contributed by atoms with Crippen LogP contribution in [0.3, 0.4) is 0 Å². The number of esters is 2. The highest BCUT2D eigenvalue weighted by molar-refractivity contribution is 5.94. The van der Waals surface area contributed by atoms with E-state index in [1.165, 1.54) is 31.1 Å². The molecule has 1 heterocycles. The van der Waals surface area contributed by atoms with Crippen LogP contribution in [0.2, 0.25) is 0 Å². The quantitative estimate of drug-likeness (QED) is 0.248. The molecule has 0 bridgehead atoms. The summed E-state index contributed by atoms with van der Waals surface area (Å²) >= 11 is 0. The number of hydrogen-bond donors (Lipinski definition) is 0. The molecule has 2 amide bonds. The molecule has 2 rings (SSSR count). The lowest BCUT2D eigenvalue weighted by Crippen LogP contribution is -2.63. The molecule has 12 heteroatoms. The first kappa shape index (κ1) is 30.7. The van der Waals surface area contributed by atoms with E-state index in [0.29, 0.717) is 17.1 Å². The molecule has 0 aliphatic carbocycles. The number of benzene rings is 1. The average molecular weight is 539 g/mol. The van der Waals surface area contributed by atoms with Gasteiger partial charge < -0.3 is 38.2 Å². The molecule has 212 valence electrons. The van der Waals surface area contributed by atoms with E-state index in [9.17, 15) is 19.2 Å². The topological polar surface area (TPSA) is 130 Å². The van der Waals surface area contributed by atoms with Gasteiger partial charge in [-0.3, -0.25) is 9.59 Å². The third-order valence-corrected chi connectivity index (χ3v) is 5.65. The minimum Gasteiger partial charge on any atom is -0.497 e. The number of ether oxygens (including phenoxy) is 6. The maximum absolute atomic E-state index is 13.3. The lowest BCUT2D eigenvalue weighted by Gasteiger charge is -2.43. The van der Waals surface area contributed by atoms with Gasteiger partial charge in [0.25, 0.3) is 0 Å². The lowest BCUT2D eigenvalue weighted by molar-refractivity contribution is -0.185. The molecule has 0 spiro atoms. The van der Waals surface area contributed by atoms with E-state index in [1.807, 2.05) is 0 Å². The molecule has 1 aliphatic rings. The zero-order valence-corrected chi connectivity index (χ0v) is 23.2. The zero-order chi connectivity index (χ0) is 28.5. The molecular formula is C26H38N2O10. The molecule has 1 aromatic rings. The number of carbonyl (C=O) groups excluding carboxylic acids is 4. The molecule has 1 aliphatic heterocycles. The standard InChI is InChI=1S/C26H38N2O10/c1-8-36-22(30)14-21(29)28(15-18-9-10-19(33-5)13-20(18)34-6)17-26(23(31)35-7)16-27(11-12-37-26)24(32)38-25(2,3)4/h9-10,13H,8,11-12,14-17H2,1-7H3. The third kappa shape index (κ3) is 8.23. The summed E-state index contributed by atoms with van der Waals surface area (Å²) in [5.41, 5.74) is -1.89. The minimum atomic E-state index is -1.73. The number of carbonyl (C=O) groups is 4. The van der Waals surface area contributed by atoms with Gasteiger partial charge in [-0.15, -0.1) is 0 Å². The van der Waals surface area contributed by atoms with Crippen LogP contribution in [0.15, 0.2) is 18.2 Å². The third-order valence-electron chi connectivity index (χ3n) is 5.65. The van der Waals surface area contributed by atoms with Gasteiger partial charge >= 0.3 is 18.0 Å². The summed E-state index contributed by atoms with van der Waals surface area (Å²) in [6, 6.07) is 5.06. The SMILES string of the molecule is CCOC(=O)CC(=O)N(Cc1ccc(OC)cc1OC)CC1(C(=O)OC)CN(C(=O)OC(C)(C)C)CCO1. The highest BCUT2D eigenvalue weighted by atomic mass is 16.6. The summed E-state index contributed by atoms with van der Waals surface area (Å²) in [5, 5.41) is 0. The Labute approximate surface area is 223 Å². The fourth-order valence-electron chi connectivity index (χ4n) is 3.91. The monoisotopic (exact) mass is 538 g/mol. The molecule has 1 aromatic carbocycles. The van der Waals surface area contributed by atoms with Crippen molar-refractivity contribution in [1.82, 2.24) is 9.80 Å². The van der Waals surface area contributed by atoms with Gasteiger partial charge in [0.1, 0.15) is 23.5 Å². The van der Waals surface area contributed by atoms with Crippen molar-refractivity contribution in [1.29, 1.82) is 0 Å². The Morgan fingerprint density at radius 3 is 2.39 bits per heavy atom. The van der Waals surface area contributed by atoms with E-state index in [4.69, 9.17) is 28.4 Å². The van der Waals surface area contributed by atoms with Crippen LogP contribution in [-0.2, 0) is 39.9 Å². The molecule has 1 atom stereocenters. The highest BCUT2D eigenvalue weighted by Gasteiger charge is 2.49. The van der Waals surface area contributed by atoms with Crippen LogP contribution >= 0.6 is 0 Å². The minimum absolute atomic E-state index is 0.000106. The first-order chi connectivity index (χ1) is 17.9. The Hall–Kier alpha value is -3.54. The van der Waals surface area contributed by atoms with Gasteiger partial charge in [-0.2, -0.15) is 0 Å². The molecule has 1 fully saturated rings. The Morgan fingerprint density at radius 1 is 1.11 bits per heavy atom. The molecule has 1 saturated heterocycles. The van der Waals surface area contributed by atoms with Gasteiger partial charge in [-0.05, 0) is 39.8 Å². The van der Waals surface area contributed by atoms with Crippen molar-refractivity contribution >= 4 is 23.9 Å². The predicted molar refractivity (Wildman–Crippen MR) is 135 cm³/mol. The largest absolute Gasteiger partial charge is 0.497 e. The van der Waals surface area contributed by atoms with Gasteiger partial charge in [-0.1, -0.05) is 0 Å². The number of hydrogen-bond acceptors (Lipinski definition) is 10. The maximum Gasteiger partial charge on any atom is 0.410 e. The van der Waals surface area contributed by atoms with Crippen molar-refractivity contribution in [3.63, 3.8) is 0 Å². The molecular weight excluding hydrogens is 500 g/mol. The molecule has 38 heavy (non-hydrogen) atoms. The molecule has 0 saturated carbocycles. The average Bonchev–Trinajstić information content (AvgIpc) is 2.87. The number of morpholine rings is 1. The van der Waals surface area contributed by atoms with E-state index in [1.54, 1.807) is 45.9 Å². The van der Waals surface area contributed by atoms with Crippen molar-refractivity contribution in [3.8, 4) is 11.5 Å². The Balaban J connectivity index is 2.44. The number of nitrogens with zero attached hydrogens (tertiary/aromatic N) is 2. The molecule has 1 unspecified atom stereocenters. The fourth-order valence-corrected chi connectivity index (χ4v) is 3.91. The van der Waals surface area contributed by atoms with Crippen LogP contribution in [0.4, 0.5) is 4.79 Å². The summed E-state index contributed by atoms with van der Waals surface area (Å²) in [4.78, 5) is 54.0. The van der Waals surface area contributed by atoms with Gasteiger partial charge in [-0.25, -0.2) is 9.59 Å². The second-order valence-corrected chi connectivity index (χ2v) is 9.65. The maximum atomic E-state index is 13.3. The summed E-state index contributed by atoms with van der Waals surface area (Å²) in [5.74, 6) is -1.12. The second kappa shape index (κ2) is 13.3. The number of methoxy groups -OCH3 is 3. The second-order valence-electron chi connectivity index (χ2n) is 9.65. The Bertz CT molecular complexity index is 1010. The smallest absolute Gasteiger partial charge is 0.410 e. The van der Waals surface area contributed by atoms with E-state index in [-0.39, 0.29) is 39.4 Å². The van der Waals surface area contributed by atoms with E-state index in [2.05, 4.69) is 0 Å². The predicted octanol–water partition coefficient (Wildman–Crippen LogP) is 2.16. The van der Waals surface area contributed by atoms with E-state index >= 15 is 0 Å². The van der Waals surface area contributed by atoms with Crippen molar-refractivity contribution < 1.29 is 47.6 Å². The first-order valence-corrected chi connectivity index (χ1v) is 12.2. The van der Waals surface area contributed by atoms with Crippen molar-refractivity contribution in [2.24, 2.45) is 0 Å². The summed E-state index contributed by atoms with van der Waals surface area (Å²) < 4.78 is 32.1. The number of rotatable bonds is 10. The van der Waals surface area contributed by atoms with Crippen LogP contribution in [0.1, 0.15) is 39.7 Å². The highest BCUT2D eigenvalue weighted by Crippen LogP contribution is 2.29. The van der Waals surface area contributed by atoms with Gasteiger partial charge in [0.2, 0.25) is 5.91 Å². The van der Waals surface area contributed by atoms with Gasteiger partial charge in [0.05, 0.1) is 47.6 Å². The lowest BCUT2D eigenvalue weighted by atomic mass is 9.99. The van der Waals surface area contributed by atoms with Crippen molar-refractivity contribution in [2.45, 2.75) is 51.9 Å². The van der Waals surface area contributed by atoms with Crippen molar-refractivity contribution in [3.05, 3.63) is 23.8 Å². The Kier molecular flexibility index (Phi) is 10.7. The Morgan fingerprint density at radius 2 is 1.82 bits per heavy atom. The van der Waals surface area contributed by atoms with E-state index < -0.39 is 41.6 Å². The van der Waals surface area contributed by atoms with Gasteiger partial charge in [0.15, 0.2) is 5.60 Å². The van der Waals surface area contributed by atoms with Gasteiger partial charge in [0, 0.05) is 24.7 Å². The van der Waals surface area contributed by atoms with Crippen LogP contribution < -0.4 is 9.47 Å². The van der Waals surface area contributed by atoms with Crippen LogP contribution in [0.25, 0.3) is 0 Å². The summed E-state index contributed by atoms with van der Waals surface area (Å²) in [7, 11) is 4.18. The number of amides is 2. The van der Waals surface area contributed by atoms with Crippen LogP contribution in [0, 0.1) is 0 Å². The molecule has 0 radical (unpaired) electrons. The first-order valence-electron chi connectivity index (χ1n) is 12.2. The van der Waals surface area contributed by atoms with Crippen molar-refractivity contribution in [2.75, 3.05) is 54.2 Å².